The SMILES string of the molecule is O=C(NCc1ccccc1[N+](=O)[O-])N1CC[C@@]2(O)CCCC[C@@H]2C1. The second-order valence-electron chi connectivity index (χ2n) is 6.79. The first-order valence-corrected chi connectivity index (χ1v) is 8.47. The number of nitro benzene ring substituents is 1. The fourth-order valence-electron chi connectivity index (χ4n) is 3.88. The Bertz CT molecular complexity index is 636. The molecule has 1 saturated heterocycles. The molecule has 0 spiro atoms. The number of urea groups is 1. The van der Waals surface area contributed by atoms with Crippen LogP contribution in [0.5, 0.6) is 0 Å². The number of rotatable bonds is 3. The topological polar surface area (TPSA) is 95.7 Å². The Kier molecular flexibility index (Phi) is 4.71. The second kappa shape index (κ2) is 6.76. The molecule has 0 radical (unpaired) electrons. The number of nitrogens with zero attached hydrogens (tertiary/aromatic N) is 2. The van der Waals surface area contributed by atoms with Gasteiger partial charge in [0.2, 0.25) is 0 Å². The second-order valence-corrected chi connectivity index (χ2v) is 6.79. The van der Waals surface area contributed by atoms with E-state index >= 15 is 0 Å². The van der Waals surface area contributed by atoms with E-state index in [1.54, 1.807) is 23.1 Å². The van der Waals surface area contributed by atoms with Crippen LogP contribution in [0.2, 0.25) is 0 Å². The highest BCUT2D eigenvalue weighted by Crippen LogP contribution is 2.39. The van der Waals surface area contributed by atoms with Gasteiger partial charge in [-0.15, -0.1) is 0 Å². The molecule has 3 rings (SSSR count). The van der Waals surface area contributed by atoms with E-state index in [1.807, 2.05) is 0 Å². The average molecular weight is 333 g/mol. The van der Waals surface area contributed by atoms with Crippen LogP contribution in [-0.4, -0.2) is 39.7 Å². The van der Waals surface area contributed by atoms with Crippen LogP contribution in [0.25, 0.3) is 0 Å². The number of fused-ring (bicyclic) bond motifs is 1. The first-order valence-electron chi connectivity index (χ1n) is 8.47. The van der Waals surface area contributed by atoms with Gasteiger partial charge in [-0.3, -0.25) is 10.1 Å². The summed E-state index contributed by atoms with van der Waals surface area (Å²) in [5, 5.41) is 24.5. The Labute approximate surface area is 140 Å². The molecule has 1 aromatic rings. The largest absolute Gasteiger partial charge is 0.389 e. The highest BCUT2D eigenvalue weighted by Gasteiger charge is 2.43. The zero-order valence-corrected chi connectivity index (χ0v) is 13.6. The van der Waals surface area contributed by atoms with Gasteiger partial charge in [-0.25, -0.2) is 4.79 Å². The van der Waals surface area contributed by atoms with Gasteiger partial charge in [-0.05, 0) is 19.3 Å². The number of benzene rings is 1. The maximum atomic E-state index is 12.4. The van der Waals surface area contributed by atoms with E-state index in [9.17, 15) is 20.0 Å². The van der Waals surface area contributed by atoms with Gasteiger partial charge < -0.3 is 15.3 Å². The maximum absolute atomic E-state index is 12.4. The van der Waals surface area contributed by atoms with E-state index in [1.165, 1.54) is 6.07 Å². The average Bonchev–Trinajstić information content (AvgIpc) is 2.59. The number of carbonyl (C=O) groups excluding carboxylic acids is 1. The lowest BCUT2D eigenvalue weighted by molar-refractivity contribution is -0.385. The van der Waals surface area contributed by atoms with Gasteiger partial charge in [0.1, 0.15) is 0 Å². The summed E-state index contributed by atoms with van der Waals surface area (Å²) < 4.78 is 0. The van der Waals surface area contributed by atoms with Crippen LogP contribution in [0.4, 0.5) is 10.5 Å². The molecule has 2 fully saturated rings. The van der Waals surface area contributed by atoms with E-state index in [4.69, 9.17) is 0 Å². The fourth-order valence-corrected chi connectivity index (χ4v) is 3.88. The number of carbonyl (C=O) groups is 1. The van der Waals surface area contributed by atoms with Crippen LogP contribution < -0.4 is 5.32 Å². The number of nitrogens with one attached hydrogen (secondary N) is 1. The molecule has 130 valence electrons. The van der Waals surface area contributed by atoms with E-state index in [2.05, 4.69) is 5.32 Å². The predicted octanol–water partition coefficient (Wildman–Crippen LogP) is 2.43. The van der Waals surface area contributed by atoms with Gasteiger partial charge in [0.25, 0.3) is 5.69 Å². The summed E-state index contributed by atoms with van der Waals surface area (Å²) >= 11 is 0. The normalized spacial score (nSPS) is 26.5. The Hall–Kier alpha value is -2.15. The van der Waals surface area contributed by atoms with Crippen LogP contribution >= 0.6 is 0 Å². The summed E-state index contributed by atoms with van der Waals surface area (Å²) in [4.78, 5) is 24.7. The zero-order chi connectivity index (χ0) is 17.2. The third kappa shape index (κ3) is 3.36. The van der Waals surface area contributed by atoms with Gasteiger partial charge in [-0.2, -0.15) is 0 Å². The molecule has 1 saturated carbocycles. The monoisotopic (exact) mass is 333 g/mol. The molecule has 1 aromatic carbocycles. The number of hydrogen-bond acceptors (Lipinski definition) is 4. The predicted molar refractivity (Wildman–Crippen MR) is 88.4 cm³/mol. The third-order valence-electron chi connectivity index (χ3n) is 5.33. The first kappa shape index (κ1) is 16.7. The third-order valence-corrected chi connectivity index (χ3v) is 5.33. The molecule has 1 aliphatic heterocycles. The van der Waals surface area contributed by atoms with Crippen molar-refractivity contribution in [3.63, 3.8) is 0 Å². The summed E-state index contributed by atoms with van der Waals surface area (Å²) in [5.74, 6) is 0.136. The molecule has 2 N–H and O–H groups in total. The van der Waals surface area contributed by atoms with Gasteiger partial charge in [0.05, 0.1) is 17.1 Å². The van der Waals surface area contributed by atoms with Crippen molar-refractivity contribution in [3.8, 4) is 0 Å². The van der Waals surface area contributed by atoms with Gasteiger partial charge in [-0.1, -0.05) is 31.0 Å². The number of piperidine rings is 1. The smallest absolute Gasteiger partial charge is 0.317 e. The Morgan fingerprint density at radius 1 is 1.38 bits per heavy atom. The van der Waals surface area contributed by atoms with Gasteiger partial charge in [0, 0.05) is 30.6 Å². The van der Waals surface area contributed by atoms with Crippen LogP contribution in [-0.2, 0) is 6.54 Å². The number of nitro groups is 1. The van der Waals surface area contributed by atoms with E-state index in [0.717, 1.165) is 25.7 Å². The zero-order valence-electron chi connectivity index (χ0n) is 13.6. The lowest BCUT2D eigenvalue weighted by atomic mass is 9.71. The Morgan fingerprint density at radius 2 is 2.17 bits per heavy atom. The minimum Gasteiger partial charge on any atom is -0.389 e. The van der Waals surface area contributed by atoms with Crippen molar-refractivity contribution in [2.75, 3.05) is 13.1 Å². The van der Waals surface area contributed by atoms with E-state index in [0.29, 0.717) is 25.1 Å². The summed E-state index contributed by atoms with van der Waals surface area (Å²) in [6.45, 7) is 1.20. The Morgan fingerprint density at radius 3 is 2.96 bits per heavy atom. The van der Waals surface area contributed by atoms with E-state index in [-0.39, 0.29) is 24.2 Å². The lowest BCUT2D eigenvalue weighted by Gasteiger charge is -2.47. The molecule has 2 amide bonds. The van der Waals surface area contributed by atoms with Crippen molar-refractivity contribution < 1.29 is 14.8 Å². The first-order chi connectivity index (χ1) is 11.5. The van der Waals surface area contributed by atoms with Crippen molar-refractivity contribution in [1.82, 2.24) is 10.2 Å². The number of likely N-dealkylation sites (tertiary alicyclic amines) is 1. The standard InChI is InChI=1S/C17H23N3O4/c21-16(18-11-13-5-1-2-7-15(13)20(23)24)19-10-9-17(22)8-4-3-6-14(17)12-19/h1-2,5,7,14,22H,3-4,6,8-12H2,(H,18,21)/t14-,17+/m1/s1. The number of aliphatic hydroxyl groups is 1. The maximum Gasteiger partial charge on any atom is 0.317 e. The van der Waals surface area contributed by atoms with Crippen LogP contribution in [0.3, 0.4) is 0 Å². The van der Waals surface area contributed by atoms with Crippen molar-refractivity contribution in [1.29, 1.82) is 0 Å². The minimum atomic E-state index is -0.618. The van der Waals surface area contributed by atoms with Crippen molar-refractivity contribution in [3.05, 3.63) is 39.9 Å². The molecule has 0 unspecified atom stereocenters. The summed E-state index contributed by atoms with van der Waals surface area (Å²) in [7, 11) is 0. The molecule has 1 aliphatic carbocycles. The molecule has 24 heavy (non-hydrogen) atoms. The summed E-state index contributed by atoms with van der Waals surface area (Å²) in [5.41, 5.74) is -0.118. The number of amides is 2. The van der Waals surface area contributed by atoms with Crippen LogP contribution in [0, 0.1) is 16.0 Å². The molecule has 2 aliphatic rings. The van der Waals surface area contributed by atoms with Crippen molar-refractivity contribution >= 4 is 11.7 Å². The quantitative estimate of drug-likeness (QED) is 0.656. The minimum absolute atomic E-state index is 0.0121. The molecule has 0 aromatic heterocycles. The van der Waals surface area contributed by atoms with E-state index < -0.39 is 10.5 Å². The van der Waals surface area contributed by atoms with Gasteiger partial charge in [0.15, 0.2) is 0 Å². The van der Waals surface area contributed by atoms with Crippen LogP contribution in [0.1, 0.15) is 37.7 Å². The van der Waals surface area contributed by atoms with Crippen LogP contribution in [0.15, 0.2) is 24.3 Å². The Balaban J connectivity index is 1.59. The highest BCUT2D eigenvalue weighted by atomic mass is 16.6. The molecular formula is C17H23N3O4. The van der Waals surface area contributed by atoms with Gasteiger partial charge >= 0.3 is 6.03 Å². The lowest BCUT2D eigenvalue weighted by Crippen LogP contribution is -2.56. The molecule has 1 heterocycles. The summed E-state index contributed by atoms with van der Waals surface area (Å²) in [6, 6.07) is 6.19. The van der Waals surface area contributed by atoms with Crippen molar-refractivity contribution in [2.45, 2.75) is 44.2 Å². The fraction of sp³-hybridized carbons (Fsp3) is 0.588. The number of hydrogen-bond donors (Lipinski definition) is 2. The summed E-state index contributed by atoms with van der Waals surface area (Å²) in [6.07, 6.45) is 4.53. The molecular weight excluding hydrogens is 310 g/mol. The number of para-hydroxylation sites is 1. The molecule has 7 heteroatoms. The highest BCUT2D eigenvalue weighted by molar-refractivity contribution is 5.74. The molecule has 2 atom stereocenters. The molecule has 0 bridgehead atoms. The van der Waals surface area contributed by atoms with Crippen molar-refractivity contribution in [2.24, 2.45) is 5.92 Å². The molecule has 7 nitrogen and oxygen atoms in total.